The Labute approximate surface area is 117 Å². The largest absolute Gasteiger partial charge is 0.342 e. The summed E-state index contributed by atoms with van der Waals surface area (Å²) >= 11 is 0. The van der Waals surface area contributed by atoms with Gasteiger partial charge in [0.15, 0.2) is 0 Å². The molecule has 0 bridgehead atoms. The molecule has 3 fully saturated rings. The Hall–Kier alpha value is -0.570. The number of hydrogen-bond donors (Lipinski definition) is 1. The minimum absolute atomic E-state index is 0.448. The standard InChI is InChI=1S/C16H28N2O/c19-16(11-13-3-1-2-4-13)18-10-7-15(12-18)14-5-8-17-9-6-14/h13-15,17H,1-12H2. The number of nitrogens with one attached hydrogen (secondary N) is 1. The molecule has 3 aliphatic rings. The summed E-state index contributed by atoms with van der Waals surface area (Å²) in [7, 11) is 0. The molecule has 0 spiro atoms. The zero-order chi connectivity index (χ0) is 13.1. The summed E-state index contributed by atoms with van der Waals surface area (Å²) < 4.78 is 0. The van der Waals surface area contributed by atoms with Gasteiger partial charge in [0.05, 0.1) is 0 Å². The summed E-state index contributed by atoms with van der Waals surface area (Å²) in [6, 6.07) is 0. The topological polar surface area (TPSA) is 32.3 Å². The maximum atomic E-state index is 12.3. The van der Waals surface area contributed by atoms with Gasteiger partial charge in [-0.15, -0.1) is 0 Å². The number of likely N-dealkylation sites (tertiary alicyclic amines) is 1. The van der Waals surface area contributed by atoms with E-state index in [-0.39, 0.29) is 0 Å². The summed E-state index contributed by atoms with van der Waals surface area (Å²) in [5.41, 5.74) is 0. The number of carbonyl (C=O) groups is 1. The predicted molar refractivity (Wildman–Crippen MR) is 76.9 cm³/mol. The Morgan fingerprint density at radius 1 is 1.00 bits per heavy atom. The molecule has 19 heavy (non-hydrogen) atoms. The van der Waals surface area contributed by atoms with Gasteiger partial charge in [-0.1, -0.05) is 12.8 Å². The fourth-order valence-electron chi connectivity index (χ4n) is 4.30. The van der Waals surface area contributed by atoms with Gasteiger partial charge in [0.2, 0.25) is 5.91 Å². The zero-order valence-corrected chi connectivity index (χ0v) is 12.1. The Morgan fingerprint density at radius 2 is 1.74 bits per heavy atom. The lowest BCUT2D eigenvalue weighted by atomic mass is 9.84. The third kappa shape index (κ3) is 3.31. The molecule has 2 saturated heterocycles. The van der Waals surface area contributed by atoms with Crippen LogP contribution in [0.1, 0.15) is 51.4 Å². The summed E-state index contributed by atoms with van der Waals surface area (Å²) in [6.45, 7) is 4.44. The van der Waals surface area contributed by atoms with Crippen LogP contribution < -0.4 is 5.32 Å². The molecule has 1 N–H and O–H groups in total. The minimum atomic E-state index is 0.448. The van der Waals surface area contributed by atoms with E-state index in [1.165, 1.54) is 58.0 Å². The molecule has 2 aliphatic heterocycles. The second-order valence-electron chi connectivity index (χ2n) is 6.83. The molecule has 1 aliphatic carbocycles. The van der Waals surface area contributed by atoms with Crippen molar-refractivity contribution in [3.8, 4) is 0 Å². The average Bonchev–Trinajstić information content (AvgIpc) is 3.10. The highest BCUT2D eigenvalue weighted by molar-refractivity contribution is 5.76. The fourth-order valence-corrected chi connectivity index (χ4v) is 4.30. The zero-order valence-electron chi connectivity index (χ0n) is 12.1. The Bertz CT molecular complexity index is 306. The van der Waals surface area contributed by atoms with Crippen LogP contribution in [0.25, 0.3) is 0 Å². The highest BCUT2D eigenvalue weighted by Crippen LogP contribution is 2.32. The summed E-state index contributed by atoms with van der Waals surface area (Å²) in [5.74, 6) is 2.80. The molecule has 0 aromatic rings. The van der Waals surface area contributed by atoms with Crippen molar-refractivity contribution in [3.63, 3.8) is 0 Å². The van der Waals surface area contributed by atoms with Gasteiger partial charge >= 0.3 is 0 Å². The maximum Gasteiger partial charge on any atom is 0.222 e. The lowest BCUT2D eigenvalue weighted by Gasteiger charge is -2.28. The van der Waals surface area contributed by atoms with Crippen LogP contribution in [0.15, 0.2) is 0 Å². The van der Waals surface area contributed by atoms with Crippen molar-refractivity contribution in [2.24, 2.45) is 17.8 Å². The quantitative estimate of drug-likeness (QED) is 0.849. The SMILES string of the molecule is O=C(CC1CCCC1)N1CCC(C2CCNCC2)C1. The van der Waals surface area contributed by atoms with Gasteiger partial charge in [-0.2, -0.15) is 0 Å². The van der Waals surface area contributed by atoms with Crippen molar-refractivity contribution in [1.29, 1.82) is 0 Å². The molecule has 3 heteroatoms. The van der Waals surface area contributed by atoms with E-state index in [1.807, 2.05) is 0 Å². The van der Waals surface area contributed by atoms with E-state index in [0.29, 0.717) is 11.8 Å². The molecule has 0 aromatic heterocycles. The van der Waals surface area contributed by atoms with Crippen molar-refractivity contribution in [3.05, 3.63) is 0 Å². The predicted octanol–water partition coefficient (Wildman–Crippen LogP) is 2.41. The van der Waals surface area contributed by atoms with Gasteiger partial charge in [0.1, 0.15) is 0 Å². The minimum Gasteiger partial charge on any atom is -0.342 e. The van der Waals surface area contributed by atoms with Gasteiger partial charge in [-0.25, -0.2) is 0 Å². The van der Waals surface area contributed by atoms with Crippen molar-refractivity contribution in [2.45, 2.75) is 51.4 Å². The van der Waals surface area contributed by atoms with Crippen LogP contribution in [0.3, 0.4) is 0 Å². The monoisotopic (exact) mass is 264 g/mol. The van der Waals surface area contributed by atoms with Crippen LogP contribution in [0.5, 0.6) is 0 Å². The third-order valence-electron chi connectivity index (χ3n) is 5.57. The van der Waals surface area contributed by atoms with Crippen molar-refractivity contribution >= 4 is 5.91 Å². The van der Waals surface area contributed by atoms with E-state index in [1.54, 1.807) is 0 Å². The van der Waals surface area contributed by atoms with E-state index < -0.39 is 0 Å². The Morgan fingerprint density at radius 3 is 2.47 bits per heavy atom. The smallest absolute Gasteiger partial charge is 0.222 e. The van der Waals surface area contributed by atoms with E-state index in [9.17, 15) is 4.79 Å². The molecule has 3 rings (SSSR count). The molecule has 0 radical (unpaired) electrons. The molecular formula is C16H28N2O. The van der Waals surface area contributed by atoms with E-state index in [0.717, 1.165) is 31.3 Å². The van der Waals surface area contributed by atoms with Gasteiger partial charge < -0.3 is 10.2 Å². The summed E-state index contributed by atoms with van der Waals surface area (Å²) in [6.07, 6.45) is 9.98. The van der Waals surface area contributed by atoms with Crippen LogP contribution in [-0.2, 0) is 4.79 Å². The van der Waals surface area contributed by atoms with Crippen molar-refractivity contribution in [2.75, 3.05) is 26.2 Å². The molecule has 1 atom stereocenters. The lowest BCUT2D eigenvalue weighted by molar-refractivity contribution is -0.131. The third-order valence-corrected chi connectivity index (χ3v) is 5.57. The van der Waals surface area contributed by atoms with Crippen LogP contribution in [0.2, 0.25) is 0 Å². The fraction of sp³-hybridized carbons (Fsp3) is 0.938. The normalized spacial score (nSPS) is 30.1. The number of hydrogen-bond acceptors (Lipinski definition) is 2. The molecular weight excluding hydrogens is 236 g/mol. The Kier molecular flexibility index (Phi) is 4.42. The molecule has 1 unspecified atom stereocenters. The van der Waals surface area contributed by atoms with Gasteiger partial charge in [0, 0.05) is 19.5 Å². The Balaban J connectivity index is 1.46. The average molecular weight is 264 g/mol. The summed E-state index contributed by atoms with van der Waals surface area (Å²) in [5, 5.41) is 3.44. The van der Waals surface area contributed by atoms with Gasteiger partial charge in [0.25, 0.3) is 0 Å². The first-order chi connectivity index (χ1) is 9.33. The molecule has 0 aromatic carbocycles. The lowest BCUT2D eigenvalue weighted by Crippen LogP contribution is -2.34. The first-order valence-corrected chi connectivity index (χ1v) is 8.31. The van der Waals surface area contributed by atoms with Gasteiger partial charge in [-0.05, 0) is 62.9 Å². The second kappa shape index (κ2) is 6.25. The summed E-state index contributed by atoms with van der Waals surface area (Å²) in [4.78, 5) is 14.5. The molecule has 1 amide bonds. The van der Waals surface area contributed by atoms with Crippen molar-refractivity contribution in [1.82, 2.24) is 10.2 Å². The molecule has 1 saturated carbocycles. The first-order valence-electron chi connectivity index (χ1n) is 8.31. The number of amides is 1. The maximum absolute atomic E-state index is 12.3. The van der Waals surface area contributed by atoms with Crippen LogP contribution in [0, 0.1) is 17.8 Å². The second-order valence-corrected chi connectivity index (χ2v) is 6.83. The number of carbonyl (C=O) groups excluding carboxylic acids is 1. The highest BCUT2D eigenvalue weighted by atomic mass is 16.2. The van der Waals surface area contributed by atoms with E-state index in [4.69, 9.17) is 0 Å². The van der Waals surface area contributed by atoms with Crippen LogP contribution in [-0.4, -0.2) is 37.0 Å². The number of rotatable bonds is 3. The first kappa shape index (κ1) is 13.4. The van der Waals surface area contributed by atoms with Crippen LogP contribution >= 0.6 is 0 Å². The van der Waals surface area contributed by atoms with Crippen LogP contribution in [0.4, 0.5) is 0 Å². The molecule has 2 heterocycles. The van der Waals surface area contributed by atoms with E-state index >= 15 is 0 Å². The molecule has 3 nitrogen and oxygen atoms in total. The van der Waals surface area contributed by atoms with Gasteiger partial charge in [-0.3, -0.25) is 4.79 Å². The number of piperidine rings is 1. The van der Waals surface area contributed by atoms with Crippen molar-refractivity contribution < 1.29 is 4.79 Å². The number of nitrogens with zero attached hydrogens (tertiary/aromatic N) is 1. The molecule has 108 valence electrons. The van der Waals surface area contributed by atoms with E-state index in [2.05, 4.69) is 10.2 Å². The highest BCUT2D eigenvalue weighted by Gasteiger charge is 2.33.